The second kappa shape index (κ2) is 9.24. The van der Waals surface area contributed by atoms with Crippen LogP contribution >= 0.6 is 0 Å². The molecule has 0 unspecified atom stereocenters. The first-order valence-electron chi connectivity index (χ1n) is 10.9. The zero-order valence-electron chi connectivity index (χ0n) is 17.8. The van der Waals surface area contributed by atoms with Crippen molar-refractivity contribution in [1.29, 1.82) is 0 Å². The molecule has 2 atom stereocenters. The van der Waals surface area contributed by atoms with Crippen molar-refractivity contribution in [3.05, 3.63) is 71.6 Å². The standard InChI is InChI=1S/C25H29N3O2/c1-3-21(19-8-5-4-6-9-19)22-10-7-17-28(22)24(29)16-15-23-26-25(27-30-23)20-13-11-18(2)12-14-20/h4-6,8-9,11-14,21-22H,3,7,10,15-17H2,1-2H3/t21-,22-/m0/s1. The third-order valence-electron chi connectivity index (χ3n) is 6.08. The normalized spacial score (nSPS) is 17.3. The largest absolute Gasteiger partial charge is 0.339 e. The minimum absolute atomic E-state index is 0.182. The second-order valence-electron chi connectivity index (χ2n) is 8.10. The number of rotatable bonds is 7. The summed E-state index contributed by atoms with van der Waals surface area (Å²) in [4.78, 5) is 19.6. The van der Waals surface area contributed by atoms with Gasteiger partial charge in [-0.15, -0.1) is 0 Å². The lowest BCUT2D eigenvalue weighted by Gasteiger charge is -2.31. The van der Waals surface area contributed by atoms with E-state index in [0.29, 0.717) is 30.5 Å². The average Bonchev–Trinajstić information content (AvgIpc) is 3.44. The third-order valence-corrected chi connectivity index (χ3v) is 6.08. The molecular weight excluding hydrogens is 374 g/mol. The molecule has 2 heterocycles. The van der Waals surface area contributed by atoms with Gasteiger partial charge >= 0.3 is 0 Å². The summed E-state index contributed by atoms with van der Waals surface area (Å²) in [5.74, 6) is 1.66. The molecule has 1 saturated heterocycles. The molecule has 1 amide bonds. The van der Waals surface area contributed by atoms with Crippen molar-refractivity contribution < 1.29 is 9.32 Å². The van der Waals surface area contributed by atoms with Gasteiger partial charge in [-0.05, 0) is 31.7 Å². The van der Waals surface area contributed by atoms with Crippen molar-refractivity contribution in [2.75, 3.05) is 6.54 Å². The molecule has 5 heteroatoms. The molecule has 5 nitrogen and oxygen atoms in total. The number of carbonyl (C=O) groups excluding carboxylic acids is 1. The summed E-state index contributed by atoms with van der Waals surface area (Å²) in [6.45, 7) is 5.10. The number of carbonyl (C=O) groups is 1. The molecule has 1 aliphatic rings. The Kier molecular flexibility index (Phi) is 6.26. The number of likely N-dealkylation sites (tertiary alicyclic amines) is 1. The Morgan fingerprint density at radius 2 is 1.93 bits per heavy atom. The third kappa shape index (κ3) is 4.45. The summed E-state index contributed by atoms with van der Waals surface area (Å²) in [5.41, 5.74) is 3.44. The van der Waals surface area contributed by atoms with E-state index < -0.39 is 0 Å². The van der Waals surface area contributed by atoms with E-state index in [4.69, 9.17) is 4.52 Å². The highest BCUT2D eigenvalue weighted by molar-refractivity contribution is 5.77. The van der Waals surface area contributed by atoms with Crippen LogP contribution < -0.4 is 0 Å². The van der Waals surface area contributed by atoms with Gasteiger partial charge in [-0.3, -0.25) is 4.79 Å². The first-order valence-corrected chi connectivity index (χ1v) is 10.9. The molecule has 30 heavy (non-hydrogen) atoms. The van der Waals surface area contributed by atoms with Crippen LogP contribution in [0.15, 0.2) is 59.1 Å². The van der Waals surface area contributed by atoms with Crippen LogP contribution in [0.25, 0.3) is 11.4 Å². The van der Waals surface area contributed by atoms with Gasteiger partial charge in [0.25, 0.3) is 0 Å². The van der Waals surface area contributed by atoms with Gasteiger partial charge < -0.3 is 9.42 Å². The molecule has 2 aromatic carbocycles. The second-order valence-corrected chi connectivity index (χ2v) is 8.10. The molecule has 0 aliphatic carbocycles. The molecule has 0 spiro atoms. The van der Waals surface area contributed by atoms with Gasteiger partial charge in [0.05, 0.1) is 0 Å². The van der Waals surface area contributed by atoms with E-state index in [9.17, 15) is 4.79 Å². The maximum Gasteiger partial charge on any atom is 0.227 e. The van der Waals surface area contributed by atoms with E-state index in [2.05, 4.69) is 46.2 Å². The van der Waals surface area contributed by atoms with E-state index in [0.717, 1.165) is 31.4 Å². The van der Waals surface area contributed by atoms with E-state index >= 15 is 0 Å². The number of aromatic nitrogens is 2. The van der Waals surface area contributed by atoms with E-state index in [1.807, 2.05) is 37.3 Å². The molecule has 1 aromatic heterocycles. The Morgan fingerprint density at radius 3 is 2.67 bits per heavy atom. The van der Waals surface area contributed by atoms with Crippen LogP contribution in [0.5, 0.6) is 0 Å². The lowest BCUT2D eigenvalue weighted by atomic mass is 9.87. The zero-order chi connectivity index (χ0) is 20.9. The van der Waals surface area contributed by atoms with Crippen molar-refractivity contribution in [2.24, 2.45) is 0 Å². The quantitative estimate of drug-likeness (QED) is 0.546. The first kappa shape index (κ1) is 20.3. The molecule has 4 rings (SSSR count). The molecule has 0 bridgehead atoms. The molecule has 1 fully saturated rings. The summed E-state index contributed by atoms with van der Waals surface area (Å²) in [6.07, 6.45) is 4.04. The van der Waals surface area contributed by atoms with Crippen LogP contribution in [0.3, 0.4) is 0 Å². The maximum absolute atomic E-state index is 13.0. The SMILES string of the molecule is CC[C@@H](c1ccccc1)[C@@H]1CCCN1C(=O)CCc1nc(-c2ccc(C)cc2)no1. The summed E-state index contributed by atoms with van der Waals surface area (Å²) in [6, 6.07) is 18.9. The highest BCUT2D eigenvalue weighted by Crippen LogP contribution is 2.34. The fourth-order valence-corrected chi connectivity index (χ4v) is 4.48. The minimum Gasteiger partial charge on any atom is -0.339 e. The number of nitrogens with zero attached hydrogens (tertiary/aromatic N) is 3. The van der Waals surface area contributed by atoms with Crippen LogP contribution in [0, 0.1) is 6.92 Å². The lowest BCUT2D eigenvalue weighted by molar-refractivity contribution is -0.132. The van der Waals surface area contributed by atoms with Gasteiger partial charge in [-0.25, -0.2) is 0 Å². The Hall–Kier alpha value is -2.95. The predicted molar refractivity (Wildman–Crippen MR) is 117 cm³/mol. The Bertz CT molecular complexity index is 966. The minimum atomic E-state index is 0.182. The van der Waals surface area contributed by atoms with Gasteiger partial charge in [0.2, 0.25) is 17.6 Å². The van der Waals surface area contributed by atoms with E-state index in [1.165, 1.54) is 11.1 Å². The average molecular weight is 404 g/mol. The van der Waals surface area contributed by atoms with Gasteiger partial charge in [-0.1, -0.05) is 72.2 Å². The van der Waals surface area contributed by atoms with Gasteiger partial charge in [0.15, 0.2) is 0 Å². The summed E-state index contributed by atoms with van der Waals surface area (Å²) < 4.78 is 5.40. The molecular formula is C25H29N3O2. The highest BCUT2D eigenvalue weighted by atomic mass is 16.5. The zero-order valence-corrected chi connectivity index (χ0v) is 17.8. The number of benzene rings is 2. The Balaban J connectivity index is 1.39. The molecule has 3 aromatic rings. The molecule has 0 saturated carbocycles. The van der Waals surface area contributed by atoms with Gasteiger partial charge in [0, 0.05) is 36.9 Å². The summed E-state index contributed by atoms with van der Waals surface area (Å²) >= 11 is 0. The van der Waals surface area contributed by atoms with Crippen LogP contribution in [-0.2, 0) is 11.2 Å². The Morgan fingerprint density at radius 1 is 1.17 bits per heavy atom. The van der Waals surface area contributed by atoms with Crippen molar-refractivity contribution >= 4 is 5.91 Å². The fraction of sp³-hybridized carbons (Fsp3) is 0.400. The van der Waals surface area contributed by atoms with Crippen LogP contribution in [0.1, 0.15) is 55.5 Å². The van der Waals surface area contributed by atoms with Crippen LogP contribution in [-0.4, -0.2) is 33.5 Å². The van der Waals surface area contributed by atoms with Crippen molar-refractivity contribution in [1.82, 2.24) is 15.0 Å². The van der Waals surface area contributed by atoms with Crippen molar-refractivity contribution in [3.63, 3.8) is 0 Å². The number of hydrogen-bond donors (Lipinski definition) is 0. The molecule has 0 radical (unpaired) electrons. The van der Waals surface area contributed by atoms with Gasteiger partial charge in [0.1, 0.15) is 0 Å². The lowest BCUT2D eigenvalue weighted by Crippen LogP contribution is -2.39. The summed E-state index contributed by atoms with van der Waals surface area (Å²) in [7, 11) is 0. The van der Waals surface area contributed by atoms with Crippen molar-refractivity contribution in [2.45, 2.75) is 57.9 Å². The van der Waals surface area contributed by atoms with Crippen molar-refractivity contribution in [3.8, 4) is 11.4 Å². The van der Waals surface area contributed by atoms with Gasteiger partial charge in [-0.2, -0.15) is 4.98 Å². The predicted octanol–water partition coefficient (Wildman–Crippen LogP) is 5.16. The smallest absolute Gasteiger partial charge is 0.227 e. The summed E-state index contributed by atoms with van der Waals surface area (Å²) in [5, 5.41) is 4.08. The maximum atomic E-state index is 13.0. The van der Waals surface area contributed by atoms with E-state index in [-0.39, 0.29) is 11.9 Å². The molecule has 1 aliphatic heterocycles. The van der Waals surface area contributed by atoms with E-state index in [1.54, 1.807) is 0 Å². The molecule has 0 N–H and O–H groups in total. The first-order chi connectivity index (χ1) is 14.7. The fourth-order valence-electron chi connectivity index (χ4n) is 4.48. The highest BCUT2D eigenvalue weighted by Gasteiger charge is 2.34. The Labute approximate surface area is 178 Å². The van der Waals surface area contributed by atoms with Crippen LogP contribution in [0.4, 0.5) is 0 Å². The number of hydrogen-bond acceptors (Lipinski definition) is 4. The number of amides is 1. The topological polar surface area (TPSA) is 59.2 Å². The monoisotopic (exact) mass is 403 g/mol. The van der Waals surface area contributed by atoms with Crippen LogP contribution in [0.2, 0.25) is 0 Å². The number of aryl methyl sites for hydroxylation is 2. The molecule has 156 valence electrons.